The Labute approximate surface area is 122 Å². The Morgan fingerprint density at radius 3 is 2.53 bits per heavy atom. The molecule has 1 heterocycles. The van der Waals surface area contributed by atoms with Crippen LogP contribution in [-0.2, 0) is 0 Å². The lowest BCUT2D eigenvalue weighted by atomic mass is 10.2. The van der Waals surface area contributed by atoms with E-state index >= 15 is 0 Å². The molecule has 2 aromatic rings. The number of halogens is 3. The fourth-order valence-corrected chi connectivity index (χ4v) is 2.56. The van der Waals surface area contributed by atoms with Crippen LogP contribution in [0.3, 0.4) is 0 Å². The molecular weight excluding hydrogens is 363 g/mol. The second kappa shape index (κ2) is 4.66. The smallest absolute Gasteiger partial charge is 0.161 e. The molecule has 1 aliphatic rings. The minimum absolute atomic E-state index is 0.346. The van der Waals surface area contributed by atoms with Crippen molar-refractivity contribution in [3.63, 3.8) is 0 Å². The fraction of sp³-hybridized carbons (Fsp3) is 0.231. The van der Waals surface area contributed by atoms with Gasteiger partial charge < -0.3 is 5.73 Å². The zero-order chi connectivity index (χ0) is 13.6. The maximum absolute atomic E-state index is 13.3. The Morgan fingerprint density at radius 2 is 1.89 bits per heavy atom. The second-order valence-electron chi connectivity index (χ2n) is 4.53. The molecule has 19 heavy (non-hydrogen) atoms. The Bertz CT molecular complexity index is 657. The topological polar surface area (TPSA) is 51.8 Å². The summed E-state index contributed by atoms with van der Waals surface area (Å²) < 4.78 is 27.0. The van der Waals surface area contributed by atoms with Gasteiger partial charge in [-0.25, -0.2) is 18.7 Å². The SMILES string of the molecule is Nc1nc(-c2ccc(F)c(F)c2)nc(C2CC2)c1I. The van der Waals surface area contributed by atoms with Crippen molar-refractivity contribution in [2.45, 2.75) is 18.8 Å². The molecule has 1 saturated carbocycles. The van der Waals surface area contributed by atoms with E-state index in [-0.39, 0.29) is 0 Å². The number of rotatable bonds is 2. The lowest BCUT2D eigenvalue weighted by Gasteiger charge is -2.08. The molecule has 1 aromatic heterocycles. The Kier molecular flexibility index (Phi) is 3.12. The summed E-state index contributed by atoms with van der Waals surface area (Å²) in [6.45, 7) is 0. The van der Waals surface area contributed by atoms with Crippen LogP contribution in [0.25, 0.3) is 11.4 Å². The number of hydrogen-bond acceptors (Lipinski definition) is 3. The standard InChI is InChI=1S/C13H10F2IN3/c14-8-4-3-7(5-9(8)15)13-18-11(6-1-2-6)10(16)12(17)19-13/h3-6H,1-2H2,(H2,17,18,19). The van der Waals surface area contributed by atoms with E-state index in [0.29, 0.717) is 23.1 Å². The minimum atomic E-state index is -0.911. The van der Waals surface area contributed by atoms with Crippen LogP contribution in [0.2, 0.25) is 0 Å². The Hall–Kier alpha value is -1.31. The minimum Gasteiger partial charge on any atom is -0.383 e. The van der Waals surface area contributed by atoms with Crippen LogP contribution in [0.15, 0.2) is 18.2 Å². The molecule has 3 rings (SSSR count). The second-order valence-corrected chi connectivity index (χ2v) is 5.61. The van der Waals surface area contributed by atoms with Crippen molar-refractivity contribution in [1.82, 2.24) is 9.97 Å². The van der Waals surface area contributed by atoms with E-state index in [1.807, 2.05) is 0 Å². The maximum atomic E-state index is 13.3. The summed E-state index contributed by atoms with van der Waals surface area (Å²) in [4.78, 5) is 8.60. The third-order valence-corrected chi connectivity index (χ3v) is 4.15. The van der Waals surface area contributed by atoms with Crippen LogP contribution >= 0.6 is 22.6 Å². The fourth-order valence-electron chi connectivity index (χ4n) is 1.87. The Morgan fingerprint density at radius 1 is 1.16 bits per heavy atom. The summed E-state index contributed by atoms with van der Waals surface area (Å²) in [6.07, 6.45) is 2.17. The molecular formula is C13H10F2IN3. The highest BCUT2D eigenvalue weighted by Crippen LogP contribution is 2.42. The van der Waals surface area contributed by atoms with Gasteiger partial charge >= 0.3 is 0 Å². The van der Waals surface area contributed by atoms with E-state index in [2.05, 4.69) is 32.6 Å². The van der Waals surface area contributed by atoms with E-state index in [1.165, 1.54) is 6.07 Å². The molecule has 0 amide bonds. The number of nitrogens with two attached hydrogens (primary N) is 1. The molecule has 98 valence electrons. The van der Waals surface area contributed by atoms with Crippen molar-refractivity contribution in [1.29, 1.82) is 0 Å². The lowest BCUT2D eigenvalue weighted by Crippen LogP contribution is -2.04. The molecule has 0 radical (unpaired) electrons. The van der Waals surface area contributed by atoms with Crippen LogP contribution in [-0.4, -0.2) is 9.97 Å². The molecule has 1 aliphatic carbocycles. The first-order valence-electron chi connectivity index (χ1n) is 5.84. The van der Waals surface area contributed by atoms with Gasteiger partial charge in [0, 0.05) is 11.5 Å². The number of nitrogens with zero attached hydrogens (tertiary/aromatic N) is 2. The van der Waals surface area contributed by atoms with Crippen molar-refractivity contribution in [2.24, 2.45) is 0 Å². The van der Waals surface area contributed by atoms with Crippen molar-refractivity contribution >= 4 is 28.4 Å². The Balaban J connectivity index is 2.11. The zero-order valence-electron chi connectivity index (χ0n) is 9.83. The van der Waals surface area contributed by atoms with Crippen molar-refractivity contribution in [2.75, 3.05) is 5.73 Å². The van der Waals surface area contributed by atoms with Crippen LogP contribution in [0.5, 0.6) is 0 Å². The average molecular weight is 373 g/mol. The maximum Gasteiger partial charge on any atom is 0.161 e. The van der Waals surface area contributed by atoms with Crippen molar-refractivity contribution < 1.29 is 8.78 Å². The normalized spacial score (nSPS) is 14.7. The van der Waals surface area contributed by atoms with Gasteiger partial charge in [-0.1, -0.05) is 0 Å². The number of anilines is 1. The van der Waals surface area contributed by atoms with Gasteiger partial charge in [-0.15, -0.1) is 0 Å². The third kappa shape index (κ3) is 2.41. The van der Waals surface area contributed by atoms with Gasteiger partial charge in [-0.3, -0.25) is 0 Å². The van der Waals surface area contributed by atoms with E-state index in [0.717, 1.165) is 34.2 Å². The van der Waals surface area contributed by atoms with Crippen molar-refractivity contribution in [3.05, 3.63) is 39.1 Å². The summed E-state index contributed by atoms with van der Waals surface area (Å²) in [6, 6.07) is 3.61. The molecule has 0 atom stereocenters. The predicted octanol–water partition coefficient (Wildman–Crippen LogP) is 3.49. The number of benzene rings is 1. The molecule has 0 bridgehead atoms. The van der Waals surface area contributed by atoms with Gasteiger partial charge in [-0.2, -0.15) is 0 Å². The summed E-state index contributed by atoms with van der Waals surface area (Å²) in [7, 11) is 0. The molecule has 1 fully saturated rings. The summed E-state index contributed by atoms with van der Waals surface area (Å²) in [5.74, 6) is -0.645. The zero-order valence-corrected chi connectivity index (χ0v) is 12.0. The first-order valence-corrected chi connectivity index (χ1v) is 6.92. The first-order chi connectivity index (χ1) is 9.06. The van der Waals surface area contributed by atoms with Crippen LogP contribution in [0.4, 0.5) is 14.6 Å². The van der Waals surface area contributed by atoms with Crippen molar-refractivity contribution in [3.8, 4) is 11.4 Å². The van der Waals surface area contributed by atoms with Gasteiger partial charge in [0.25, 0.3) is 0 Å². The highest BCUT2D eigenvalue weighted by atomic mass is 127. The van der Waals surface area contributed by atoms with Crippen LogP contribution in [0.1, 0.15) is 24.5 Å². The third-order valence-electron chi connectivity index (χ3n) is 3.04. The van der Waals surface area contributed by atoms with E-state index in [4.69, 9.17) is 5.73 Å². The van der Waals surface area contributed by atoms with Gasteiger partial charge in [0.2, 0.25) is 0 Å². The highest BCUT2D eigenvalue weighted by molar-refractivity contribution is 14.1. The molecule has 0 spiro atoms. The van der Waals surface area contributed by atoms with Gasteiger partial charge in [0.1, 0.15) is 5.82 Å². The summed E-state index contributed by atoms with van der Waals surface area (Å²) in [5, 5.41) is 0. The quantitative estimate of drug-likeness (QED) is 0.821. The number of aromatic nitrogens is 2. The number of nitrogen functional groups attached to an aromatic ring is 1. The van der Waals surface area contributed by atoms with Gasteiger partial charge in [-0.05, 0) is 53.6 Å². The molecule has 0 unspecified atom stereocenters. The van der Waals surface area contributed by atoms with E-state index in [9.17, 15) is 8.78 Å². The predicted molar refractivity (Wildman–Crippen MR) is 76.5 cm³/mol. The molecule has 6 heteroatoms. The average Bonchev–Trinajstić information content (AvgIpc) is 3.20. The van der Waals surface area contributed by atoms with E-state index in [1.54, 1.807) is 0 Å². The summed E-state index contributed by atoms with van der Waals surface area (Å²) >= 11 is 2.12. The lowest BCUT2D eigenvalue weighted by molar-refractivity contribution is 0.509. The highest BCUT2D eigenvalue weighted by Gasteiger charge is 2.29. The van der Waals surface area contributed by atoms with E-state index < -0.39 is 11.6 Å². The molecule has 1 aromatic carbocycles. The first kappa shape index (κ1) is 12.7. The van der Waals surface area contributed by atoms with Gasteiger partial charge in [0.15, 0.2) is 17.5 Å². The van der Waals surface area contributed by atoms with Gasteiger partial charge in [0.05, 0.1) is 9.26 Å². The van der Waals surface area contributed by atoms with Crippen LogP contribution in [0, 0.1) is 15.2 Å². The van der Waals surface area contributed by atoms with Crippen LogP contribution < -0.4 is 5.73 Å². The number of hydrogen-bond donors (Lipinski definition) is 1. The largest absolute Gasteiger partial charge is 0.383 e. The molecule has 2 N–H and O–H groups in total. The summed E-state index contributed by atoms with van der Waals surface area (Å²) in [5.41, 5.74) is 7.21. The molecule has 0 saturated heterocycles. The molecule has 3 nitrogen and oxygen atoms in total. The monoisotopic (exact) mass is 373 g/mol. The molecule has 0 aliphatic heterocycles.